The average molecular weight is 222 g/mol. The molecule has 2 rings (SSSR count). The SMILES string of the molecule is CC(CN1CCCC1)NC(=O)n1ccnc1. The van der Waals surface area contributed by atoms with Crippen LogP contribution in [0.3, 0.4) is 0 Å². The first-order valence-electron chi connectivity index (χ1n) is 5.77. The van der Waals surface area contributed by atoms with Crippen LogP contribution in [-0.4, -0.2) is 46.2 Å². The Balaban J connectivity index is 1.78. The average Bonchev–Trinajstić information content (AvgIpc) is 2.88. The van der Waals surface area contributed by atoms with Crippen LogP contribution in [0.25, 0.3) is 0 Å². The molecule has 0 radical (unpaired) electrons. The van der Waals surface area contributed by atoms with Gasteiger partial charge in [0.25, 0.3) is 0 Å². The van der Waals surface area contributed by atoms with Gasteiger partial charge >= 0.3 is 6.03 Å². The maximum Gasteiger partial charge on any atom is 0.327 e. The van der Waals surface area contributed by atoms with E-state index in [1.807, 2.05) is 6.92 Å². The van der Waals surface area contributed by atoms with Gasteiger partial charge in [0, 0.05) is 25.0 Å². The number of hydrogen-bond donors (Lipinski definition) is 1. The van der Waals surface area contributed by atoms with Gasteiger partial charge in [0.1, 0.15) is 6.33 Å². The summed E-state index contributed by atoms with van der Waals surface area (Å²) < 4.78 is 1.46. The summed E-state index contributed by atoms with van der Waals surface area (Å²) >= 11 is 0. The first-order chi connectivity index (χ1) is 7.75. The summed E-state index contributed by atoms with van der Waals surface area (Å²) in [6.07, 6.45) is 7.32. The van der Waals surface area contributed by atoms with Crippen LogP contribution >= 0.6 is 0 Å². The number of imidazole rings is 1. The Morgan fingerprint density at radius 3 is 2.88 bits per heavy atom. The smallest absolute Gasteiger partial charge is 0.327 e. The van der Waals surface area contributed by atoms with E-state index in [0.717, 1.165) is 19.6 Å². The summed E-state index contributed by atoms with van der Waals surface area (Å²) in [6, 6.07) is 0.0668. The van der Waals surface area contributed by atoms with Gasteiger partial charge in [-0.2, -0.15) is 0 Å². The molecule has 1 saturated heterocycles. The quantitative estimate of drug-likeness (QED) is 0.827. The monoisotopic (exact) mass is 222 g/mol. The van der Waals surface area contributed by atoms with Gasteiger partial charge in [-0.05, 0) is 32.9 Å². The predicted molar refractivity (Wildman–Crippen MR) is 61.3 cm³/mol. The molecule has 88 valence electrons. The van der Waals surface area contributed by atoms with Crippen LogP contribution in [0.15, 0.2) is 18.7 Å². The third-order valence-corrected chi connectivity index (χ3v) is 2.84. The van der Waals surface area contributed by atoms with E-state index in [1.54, 1.807) is 12.4 Å². The summed E-state index contributed by atoms with van der Waals surface area (Å²) in [7, 11) is 0. The second-order valence-electron chi connectivity index (χ2n) is 4.33. The Morgan fingerprint density at radius 1 is 1.50 bits per heavy atom. The van der Waals surface area contributed by atoms with E-state index in [2.05, 4.69) is 15.2 Å². The fourth-order valence-corrected chi connectivity index (χ4v) is 2.06. The Hall–Kier alpha value is -1.36. The highest BCUT2D eigenvalue weighted by molar-refractivity contribution is 5.76. The Kier molecular flexibility index (Phi) is 3.56. The number of rotatable bonds is 3. The van der Waals surface area contributed by atoms with Crippen molar-refractivity contribution in [2.45, 2.75) is 25.8 Å². The zero-order valence-electron chi connectivity index (χ0n) is 9.59. The van der Waals surface area contributed by atoms with Gasteiger partial charge in [-0.25, -0.2) is 9.78 Å². The lowest BCUT2D eigenvalue weighted by Gasteiger charge is -2.21. The van der Waals surface area contributed by atoms with Crippen molar-refractivity contribution in [3.8, 4) is 0 Å². The summed E-state index contributed by atoms with van der Waals surface area (Å²) in [5.74, 6) is 0. The lowest BCUT2D eigenvalue weighted by atomic mass is 10.3. The molecular formula is C11H18N4O. The highest BCUT2D eigenvalue weighted by Gasteiger charge is 2.16. The summed E-state index contributed by atoms with van der Waals surface area (Å²) in [4.78, 5) is 17.9. The molecule has 1 aromatic rings. The van der Waals surface area contributed by atoms with Gasteiger partial charge in [-0.15, -0.1) is 0 Å². The highest BCUT2D eigenvalue weighted by atomic mass is 16.2. The largest absolute Gasteiger partial charge is 0.334 e. The maximum atomic E-state index is 11.7. The third-order valence-electron chi connectivity index (χ3n) is 2.84. The van der Waals surface area contributed by atoms with Crippen LogP contribution in [0.1, 0.15) is 19.8 Å². The number of aromatic nitrogens is 2. The van der Waals surface area contributed by atoms with Crippen LogP contribution in [0, 0.1) is 0 Å². The van der Waals surface area contributed by atoms with E-state index in [1.165, 1.54) is 23.7 Å². The number of carbonyl (C=O) groups excluding carboxylic acids is 1. The van der Waals surface area contributed by atoms with E-state index >= 15 is 0 Å². The van der Waals surface area contributed by atoms with Crippen molar-refractivity contribution in [2.24, 2.45) is 0 Å². The number of carbonyl (C=O) groups is 1. The molecule has 1 amide bonds. The maximum absolute atomic E-state index is 11.7. The highest BCUT2D eigenvalue weighted by Crippen LogP contribution is 2.07. The number of nitrogens with one attached hydrogen (secondary N) is 1. The standard InChI is InChI=1S/C11H18N4O/c1-10(8-14-5-2-3-6-14)13-11(16)15-7-4-12-9-15/h4,7,9-10H,2-3,5-6,8H2,1H3,(H,13,16). The van der Waals surface area contributed by atoms with E-state index in [0.29, 0.717) is 0 Å². The molecule has 1 atom stereocenters. The van der Waals surface area contributed by atoms with Crippen molar-refractivity contribution in [2.75, 3.05) is 19.6 Å². The number of nitrogens with zero attached hydrogens (tertiary/aromatic N) is 3. The Labute approximate surface area is 95.5 Å². The Bertz CT molecular complexity index is 330. The van der Waals surface area contributed by atoms with E-state index < -0.39 is 0 Å². The minimum Gasteiger partial charge on any atom is -0.334 e. The zero-order chi connectivity index (χ0) is 11.4. The predicted octanol–water partition coefficient (Wildman–Crippen LogP) is 0.925. The lowest BCUT2D eigenvalue weighted by molar-refractivity contribution is 0.232. The molecule has 5 heteroatoms. The number of likely N-dealkylation sites (tertiary alicyclic amines) is 1. The molecule has 0 bridgehead atoms. The van der Waals surface area contributed by atoms with Crippen LogP contribution < -0.4 is 5.32 Å². The van der Waals surface area contributed by atoms with Gasteiger partial charge < -0.3 is 10.2 Å². The summed E-state index contributed by atoms with van der Waals surface area (Å²) in [5, 5.41) is 2.95. The third kappa shape index (κ3) is 2.82. The molecule has 1 fully saturated rings. The summed E-state index contributed by atoms with van der Waals surface area (Å²) in [6.45, 7) is 5.28. The van der Waals surface area contributed by atoms with Gasteiger partial charge in [0.05, 0.1) is 0 Å². The van der Waals surface area contributed by atoms with Crippen LogP contribution in [0.5, 0.6) is 0 Å². The van der Waals surface area contributed by atoms with E-state index in [4.69, 9.17) is 0 Å². The zero-order valence-corrected chi connectivity index (χ0v) is 9.59. The molecule has 1 aromatic heterocycles. The fourth-order valence-electron chi connectivity index (χ4n) is 2.06. The molecule has 5 nitrogen and oxygen atoms in total. The van der Waals surface area contributed by atoms with Gasteiger partial charge in [0.2, 0.25) is 0 Å². The molecule has 0 aliphatic carbocycles. The normalized spacial score (nSPS) is 18.6. The topological polar surface area (TPSA) is 50.2 Å². The second kappa shape index (κ2) is 5.12. The fraction of sp³-hybridized carbons (Fsp3) is 0.636. The first-order valence-corrected chi connectivity index (χ1v) is 5.77. The molecule has 1 unspecified atom stereocenters. The van der Waals surface area contributed by atoms with Gasteiger partial charge in [-0.1, -0.05) is 0 Å². The van der Waals surface area contributed by atoms with Crippen LogP contribution in [0.2, 0.25) is 0 Å². The first kappa shape index (κ1) is 11.1. The summed E-state index contributed by atoms with van der Waals surface area (Å²) in [5.41, 5.74) is 0. The molecule has 16 heavy (non-hydrogen) atoms. The molecule has 1 aliphatic rings. The number of amides is 1. The van der Waals surface area contributed by atoms with Crippen molar-refractivity contribution in [1.29, 1.82) is 0 Å². The van der Waals surface area contributed by atoms with Crippen LogP contribution in [-0.2, 0) is 0 Å². The molecule has 0 spiro atoms. The van der Waals surface area contributed by atoms with E-state index in [9.17, 15) is 4.79 Å². The Morgan fingerprint density at radius 2 is 2.25 bits per heavy atom. The van der Waals surface area contributed by atoms with Crippen molar-refractivity contribution in [3.63, 3.8) is 0 Å². The van der Waals surface area contributed by atoms with Gasteiger partial charge in [-0.3, -0.25) is 4.57 Å². The molecule has 1 aliphatic heterocycles. The lowest BCUT2D eigenvalue weighted by Crippen LogP contribution is -2.42. The molecule has 2 heterocycles. The second-order valence-corrected chi connectivity index (χ2v) is 4.33. The van der Waals surface area contributed by atoms with Crippen molar-refractivity contribution >= 4 is 6.03 Å². The van der Waals surface area contributed by atoms with Crippen molar-refractivity contribution in [3.05, 3.63) is 18.7 Å². The van der Waals surface area contributed by atoms with E-state index in [-0.39, 0.29) is 12.1 Å². The van der Waals surface area contributed by atoms with Crippen molar-refractivity contribution in [1.82, 2.24) is 19.8 Å². The molecule has 0 saturated carbocycles. The minimum atomic E-state index is -0.107. The number of hydrogen-bond acceptors (Lipinski definition) is 3. The van der Waals surface area contributed by atoms with Crippen LogP contribution in [0.4, 0.5) is 4.79 Å². The van der Waals surface area contributed by atoms with Gasteiger partial charge in [0.15, 0.2) is 0 Å². The molecule has 1 N–H and O–H groups in total. The minimum absolute atomic E-state index is 0.107. The molecular weight excluding hydrogens is 204 g/mol. The van der Waals surface area contributed by atoms with Crippen molar-refractivity contribution < 1.29 is 4.79 Å². The molecule has 0 aromatic carbocycles.